The minimum Gasteiger partial charge on any atom is -0.391 e. The summed E-state index contributed by atoms with van der Waals surface area (Å²) in [6.07, 6.45) is 4.85. The number of fused-ring (bicyclic) bond motifs is 1. The van der Waals surface area contributed by atoms with Crippen LogP contribution in [-0.2, 0) is 35.3 Å². The zero-order chi connectivity index (χ0) is 65.5. The van der Waals surface area contributed by atoms with Crippen molar-refractivity contribution < 1.29 is 42.7 Å². The molecule has 8 heterocycles. The van der Waals surface area contributed by atoms with Crippen molar-refractivity contribution in [1.82, 2.24) is 61.1 Å². The molecule has 2 aromatic carbocycles. The summed E-state index contributed by atoms with van der Waals surface area (Å²) >= 11 is 1.57. The summed E-state index contributed by atoms with van der Waals surface area (Å²) in [5.41, 5.74) is 4.06. The number of rotatable bonds is 24. The molecule has 6 atom stereocenters. The van der Waals surface area contributed by atoms with Gasteiger partial charge in [-0.3, -0.25) is 33.7 Å². The SMILES string of the molecule is Cc1ncsc1-c1ccc([C@H](C)NC(=O)[C@@H]2C[C@@H](O)CN2C(=O)[C@@H](NC(=O)CCC(=O)NCCN2C[C@@H]3CN(CCC(=O)NCCCNc4cc(N5CCC6(CC5)CN(c5cc(F)c(CN7CCC(C)(C)CC7)cc5F)CC(=O)N6)ncn4)C[C@@H]3C2)C(C)(C)C)cc1. The van der Waals surface area contributed by atoms with E-state index in [0.29, 0.717) is 108 Å². The summed E-state index contributed by atoms with van der Waals surface area (Å²) < 4.78 is 31.3. The number of anilines is 3. The van der Waals surface area contributed by atoms with E-state index < -0.39 is 52.6 Å². The molecule has 2 aromatic heterocycles. The molecule has 0 bridgehead atoms. The van der Waals surface area contributed by atoms with E-state index in [1.54, 1.807) is 16.2 Å². The molecular formula is C67H95F2N15O7S. The lowest BCUT2D eigenvalue weighted by atomic mass is 9.82. The Morgan fingerprint density at radius 1 is 0.772 bits per heavy atom. The second-order valence-corrected chi connectivity index (χ2v) is 29.3. The van der Waals surface area contributed by atoms with Gasteiger partial charge in [0.15, 0.2) is 0 Å². The molecule has 0 unspecified atom stereocenters. The molecular weight excluding hydrogens is 1200 g/mol. The standard InChI is InChI=1S/C67H95F2N15O7S/c1-43(45-9-11-46(12-10-45)61-44(2)75-42-92-61)76-63(90)54-30-50(85)38-84(54)64(91)62(65(3,4)5)77-59(88)14-13-57(86)72-22-28-81-36-48-34-80(35-49(48)37-81)23-15-58(87)71-21-8-20-70-55-32-56(74-41-73-55)82-26-18-67(19-27-82)40-83(39-60(89)78-67)53-31-51(68)47(29-52(53)69)33-79-24-16-66(6,7)17-25-79/h9-12,29,31-32,41-43,48-50,54,62,85H,8,13-28,30,33-40H2,1-7H3,(H,71,87)(H,72,86)(H,76,90)(H,77,88)(H,78,89)(H,70,73,74)/t43-,48-,49+,50+,54-,62+/m0/s1. The molecule has 0 radical (unpaired) electrons. The van der Waals surface area contributed by atoms with E-state index in [0.717, 1.165) is 79.6 Å². The van der Waals surface area contributed by atoms with E-state index >= 15 is 8.78 Å². The van der Waals surface area contributed by atoms with Gasteiger partial charge >= 0.3 is 0 Å². The molecule has 22 nitrogen and oxygen atoms in total. The largest absolute Gasteiger partial charge is 0.391 e. The van der Waals surface area contributed by atoms with Crippen LogP contribution in [0.4, 0.5) is 26.1 Å². The maximum atomic E-state index is 15.7. The average molecular weight is 1290 g/mol. The Labute approximate surface area is 543 Å². The van der Waals surface area contributed by atoms with Gasteiger partial charge in [-0.1, -0.05) is 58.9 Å². The number of hydrogen-bond donors (Lipinski definition) is 7. The molecule has 92 heavy (non-hydrogen) atoms. The number of carbonyl (C=O) groups excluding carboxylic acids is 6. The number of thiazole rings is 1. The third-order valence-corrected chi connectivity index (χ3v) is 20.6. The van der Waals surface area contributed by atoms with Gasteiger partial charge in [0.25, 0.3) is 0 Å². The van der Waals surface area contributed by atoms with Crippen molar-refractivity contribution in [3.05, 3.63) is 82.8 Å². The molecule has 10 rings (SSSR count). The number of halogens is 2. The predicted molar refractivity (Wildman–Crippen MR) is 350 cm³/mol. The number of nitrogens with one attached hydrogen (secondary N) is 6. The van der Waals surface area contributed by atoms with E-state index in [4.69, 9.17) is 0 Å². The number of aromatic nitrogens is 3. The second kappa shape index (κ2) is 29.6. The highest BCUT2D eigenvalue weighted by Crippen LogP contribution is 2.36. The van der Waals surface area contributed by atoms with Crippen molar-refractivity contribution in [1.29, 1.82) is 0 Å². The topological polar surface area (TPSA) is 253 Å². The van der Waals surface area contributed by atoms with Gasteiger partial charge in [0.05, 0.1) is 46.0 Å². The average Bonchev–Trinajstić information content (AvgIpc) is 1.06. The van der Waals surface area contributed by atoms with Crippen molar-refractivity contribution in [2.45, 2.75) is 143 Å². The van der Waals surface area contributed by atoms with E-state index in [9.17, 15) is 33.9 Å². The quantitative estimate of drug-likeness (QED) is 0.0444. The molecule has 25 heteroatoms. The normalized spacial score (nSPS) is 22.4. The van der Waals surface area contributed by atoms with Crippen molar-refractivity contribution >= 4 is 64.1 Å². The molecule has 0 aliphatic carbocycles. The van der Waals surface area contributed by atoms with Crippen LogP contribution in [0.2, 0.25) is 0 Å². The molecule has 7 N–H and O–H groups in total. The van der Waals surface area contributed by atoms with Crippen LogP contribution < -0.4 is 41.7 Å². The summed E-state index contributed by atoms with van der Waals surface area (Å²) in [6, 6.07) is 10.1. The van der Waals surface area contributed by atoms with Crippen LogP contribution in [0.5, 0.6) is 0 Å². The number of aliphatic hydroxyl groups excluding tert-OH is 1. The highest BCUT2D eigenvalue weighted by atomic mass is 32.1. The Kier molecular flexibility index (Phi) is 21.8. The molecule has 6 fully saturated rings. The van der Waals surface area contributed by atoms with Crippen LogP contribution in [0, 0.1) is 41.2 Å². The van der Waals surface area contributed by atoms with E-state index in [1.807, 2.05) is 70.5 Å². The molecule has 4 aromatic rings. The number of aliphatic hydroxyl groups is 1. The summed E-state index contributed by atoms with van der Waals surface area (Å²) in [5, 5.41) is 29.1. The number of likely N-dealkylation sites (tertiary alicyclic amines) is 4. The monoisotopic (exact) mass is 1290 g/mol. The van der Waals surface area contributed by atoms with Gasteiger partial charge in [0.1, 0.15) is 41.7 Å². The summed E-state index contributed by atoms with van der Waals surface area (Å²) in [7, 11) is 0. The number of aryl methyl sites for hydroxylation is 1. The molecule has 6 aliphatic heterocycles. The summed E-state index contributed by atoms with van der Waals surface area (Å²) in [5.74, 6) is -0.355. The van der Waals surface area contributed by atoms with Crippen LogP contribution in [0.3, 0.4) is 0 Å². The van der Waals surface area contributed by atoms with Gasteiger partial charge in [-0.05, 0) is 98.9 Å². The number of hydrogen-bond acceptors (Lipinski definition) is 17. The number of benzene rings is 2. The third kappa shape index (κ3) is 17.4. The Balaban J connectivity index is 0.571. The summed E-state index contributed by atoms with van der Waals surface area (Å²) in [4.78, 5) is 107. The lowest BCUT2D eigenvalue weighted by Gasteiger charge is -2.48. The number of nitrogens with zero attached hydrogens (tertiary/aromatic N) is 9. The number of carbonyl (C=O) groups is 6. The van der Waals surface area contributed by atoms with Crippen molar-refractivity contribution in [3.8, 4) is 10.4 Å². The van der Waals surface area contributed by atoms with E-state index in [2.05, 4.69) is 80.3 Å². The Morgan fingerprint density at radius 3 is 2.13 bits per heavy atom. The number of amides is 6. The number of piperazine rings is 1. The molecule has 0 saturated carbocycles. The fourth-order valence-electron chi connectivity index (χ4n) is 14.1. The van der Waals surface area contributed by atoms with Crippen molar-refractivity contribution in [2.24, 2.45) is 22.7 Å². The summed E-state index contributed by atoms with van der Waals surface area (Å²) in [6.45, 7) is 23.9. The first-order valence-corrected chi connectivity index (χ1v) is 33.9. The first-order valence-electron chi connectivity index (χ1n) is 33.0. The lowest BCUT2D eigenvalue weighted by molar-refractivity contribution is -0.144. The highest BCUT2D eigenvalue weighted by molar-refractivity contribution is 7.13. The van der Waals surface area contributed by atoms with Crippen LogP contribution >= 0.6 is 11.3 Å². The maximum absolute atomic E-state index is 15.7. The molecule has 500 valence electrons. The van der Waals surface area contributed by atoms with E-state index in [-0.39, 0.29) is 73.1 Å². The van der Waals surface area contributed by atoms with E-state index in [1.165, 1.54) is 23.4 Å². The molecule has 1 spiro atoms. The Bertz CT molecular complexity index is 3240. The van der Waals surface area contributed by atoms with Crippen molar-refractivity contribution in [3.63, 3.8) is 0 Å². The zero-order valence-corrected chi connectivity index (χ0v) is 55.4. The fourth-order valence-corrected chi connectivity index (χ4v) is 14.9. The molecule has 6 amide bonds. The van der Waals surface area contributed by atoms with Crippen LogP contribution in [0.15, 0.2) is 54.3 Å². The lowest BCUT2D eigenvalue weighted by Crippen LogP contribution is -2.66. The highest BCUT2D eigenvalue weighted by Gasteiger charge is 2.46. The van der Waals surface area contributed by atoms with Crippen molar-refractivity contribution in [2.75, 3.05) is 120 Å². The Morgan fingerprint density at radius 2 is 1.45 bits per heavy atom. The molecule has 6 aliphatic rings. The zero-order valence-electron chi connectivity index (χ0n) is 54.6. The first-order chi connectivity index (χ1) is 43.9. The fraction of sp³-hybridized carbons (Fsp3) is 0.627. The van der Waals surface area contributed by atoms with Gasteiger partial charge in [-0.25, -0.2) is 23.7 Å². The number of β-amino-alcohol motifs (C(OH)–C–C–N with tert-alkyl or cyclic N) is 1. The van der Waals surface area contributed by atoms with Gasteiger partial charge in [0.2, 0.25) is 35.4 Å². The van der Waals surface area contributed by atoms with Gasteiger partial charge < -0.3 is 61.5 Å². The maximum Gasteiger partial charge on any atom is 0.246 e. The first kappa shape index (κ1) is 67.9. The van der Waals surface area contributed by atoms with Crippen LogP contribution in [-0.4, -0.2) is 204 Å². The van der Waals surface area contributed by atoms with Gasteiger partial charge in [-0.2, -0.15) is 0 Å². The van der Waals surface area contributed by atoms with Crippen LogP contribution in [0.25, 0.3) is 10.4 Å². The number of piperidine rings is 2. The van der Waals surface area contributed by atoms with Gasteiger partial charge in [0, 0.05) is 135 Å². The molecule has 6 saturated heterocycles. The predicted octanol–water partition coefficient (Wildman–Crippen LogP) is 5.22. The Hall–Kier alpha value is -6.93. The van der Waals surface area contributed by atoms with Crippen LogP contribution in [0.1, 0.15) is 122 Å². The second-order valence-electron chi connectivity index (χ2n) is 28.4. The smallest absolute Gasteiger partial charge is 0.246 e. The minimum absolute atomic E-state index is 0.0105. The third-order valence-electron chi connectivity index (χ3n) is 19.7. The van der Waals surface area contributed by atoms with Gasteiger partial charge in [-0.15, -0.1) is 11.3 Å². The minimum atomic E-state index is -1.01.